The highest BCUT2D eigenvalue weighted by Crippen LogP contribution is 2.17. The third-order valence-electron chi connectivity index (χ3n) is 2.41. The predicted molar refractivity (Wildman–Crippen MR) is 71.9 cm³/mol. The molecule has 1 unspecified atom stereocenters. The molecule has 110 valence electrons. The van der Waals surface area contributed by atoms with Gasteiger partial charge in [0.2, 0.25) is 6.10 Å². The van der Waals surface area contributed by atoms with E-state index in [-0.39, 0.29) is 26.4 Å². The fraction of sp³-hybridized carbons (Fsp3) is 0.429. The summed E-state index contributed by atoms with van der Waals surface area (Å²) < 4.78 is 10.1. The van der Waals surface area contributed by atoms with Gasteiger partial charge in [-0.25, -0.2) is 0 Å². The summed E-state index contributed by atoms with van der Waals surface area (Å²) in [6.07, 6.45) is -0.966. The van der Waals surface area contributed by atoms with Gasteiger partial charge in [-0.05, 0) is 0 Å². The van der Waals surface area contributed by atoms with Gasteiger partial charge in [0.1, 0.15) is 0 Å². The van der Waals surface area contributed by atoms with Crippen molar-refractivity contribution in [1.82, 2.24) is 5.32 Å². The zero-order chi connectivity index (χ0) is 14.8. The lowest BCUT2D eigenvalue weighted by Gasteiger charge is -2.17. The van der Waals surface area contributed by atoms with Crippen LogP contribution in [0.2, 0.25) is 0 Å². The van der Waals surface area contributed by atoms with Crippen LogP contribution in [0.5, 0.6) is 0 Å². The number of rotatable bonds is 8. The largest absolute Gasteiger partial charge is 0.447 e. The van der Waals surface area contributed by atoms with Gasteiger partial charge in [0.25, 0.3) is 5.91 Å². The van der Waals surface area contributed by atoms with Crippen molar-refractivity contribution in [3.63, 3.8) is 0 Å². The van der Waals surface area contributed by atoms with Crippen molar-refractivity contribution in [2.45, 2.75) is 13.0 Å². The Morgan fingerprint density at radius 1 is 1.25 bits per heavy atom. The lowest BCUT2D eigenvalue weighted by molar-refractivity contribution is -0.154. The minimum absolute atomic E-state index is 0.0615. The van der Waals surface area contributed by atoms with Gasteiger partial charge in [0, 0.05) is 19.0 Å². The lowest BCUT2D eigenvalue weighted by atomic mass is 10.1. The number of benzene rings is 1. The maximum Gasteiger partial charge on any atom is 0.303 e. The Hall–Kier alpha value is -1.92. The maximum absolute atomic E-state index is 12.0. The van der Waals surface area contributed by atoms with E-state index in [0.29, 0.717) is 5.56 Å². The molecule has 20 heavy (non-hydrogen) atoms. The molecule has 0 aliphatic heterocycles. The van der Waals surface area contributed by atoms with E-state index in [2.05, 4.69) is 5.32 Å². The lowest BCUT2D eigenvalue weighted by Crippen LogP contribution is -2.34. The van der Waals surface area contributed by atoms with Crippen molar-refractivity contribution in [2.75, 3.05) is 26.4 Å². The number of amides is 1. The maximum atomic E-state index is 12.0. The van der Waals surface area contributed by atoms with Gasteiger partial charge in [-0.1, -0.05) is 30.3 Å². The third-order valence-corrected chi connectivity index (χ3v) is 2.41. The molecule has 0 aliphatic carbocycles. The van der Waals surface area contributed by atoms with Crippen LogP contribution in [-0.2, 0) is 19.1 Å². The van der Waals surface area contributed by atoms with Gasteiger partial charge in [0.05, 0.1) is 19.8 Å². The van der Waals surface area contributed by atoms with Gasteiger partial charge >= 0.3 is 5.97 Å². The summed E-state index contributed by atoms with van der Waals surface area (Å²) in [4.78, 5) is 23.1. The number of hydrogen-bond donors (Lipinski definition) is 2. The normalized spacial score (nSPS) is 11.7. The monoisotopic (exact) mass is 281 g/mol. The Kier molecular flexibility index (Phi) is 7.31. The zero-order valence-corrected chi connectivity index (χ0v) is 11.4. The number of ether oxygens (including phenoxy) is 2. The van der Waals surface area contributed by atoms with Crippen molar-refractivity contribution >= 4 is 11.9 Å². The first-order valence-electron chi connectivity index (χ1n) is 6.33. The van der Waals surface area contributed by atoms with E-state index in [1.54, 1.807) is 24.3 Å². The molecule has 2 N–H and O–H groups in total. The molecule has 0 spiro atoms. The molecule has 1 atom stereocenters. The predicted octanol–water partition coefficient (Wildman–Crippen LogP) is 0.416. The highest BCUT2D eigenvalue weighted by atomic mass is 16.5. The second kappa shape index (κ2) is 9.06. The smallest absolute Gasteiger partial charge is 0.303 e. The Balaban J connectivity index is 2.55. The summed E-state index contributed by atoms with van der Waals surface area (Å²) in [5.74, 6) is -0.926. The molecule has 1 amide bonds. The fourth-order valence-electron chi connectivity index (χ4n) is 1.57. The Morgan fingerprint density at radius 3 is 2.55 bits per heavy atom. The molecular formula is C14H19NO5. The van der Waals surface area contributed by atoms with Crippen LogP contribution in [-0.4, -0.2) is 43.3 Å². The summed E-state index contributed by atoms with van der Waals surface area (Å²) in [7, 11) is 0. The van der Waals surface area contributed by atoms with E-state index in [1.165, 1.54) is 6.92 Å². The van der Waals surface area contributed by atoms with E-state index in [4.69, 9.17) is 14.6 Å². The Labute approximate surface area is 117 Å². The van der Waals surface area contributed by atoms with Crippen LogP contribution in [0.1, 0.15) is 18.6 Å². The molecular weight excluding hydrogens is 262 g/mol. The van der Waals surface area contributed by atoms with Crippen LogP contribution in [0, 0.1) is 0 Å². The van der Waals surface area contributed by atoms with E-state index < -0.39 is 18.0 Å². The molecule has 0 heterocycles. The standard InChI is InChI=1S/C14H19NO5/c1-11(17)20-13(12-5-3-2-4-6-12)14(18)15-7-9-19-10-8-16/h2-6,13,16H,7-10H2,1H3,(H,15,18). The molecule has 1 aromatic carbocycles. The molecule has 0 radical (unpaired) electrons. The van der Waals surface area contributed by atoms with Crippen LogP contribution in [0.15, 0.2) is 30.3 Å². The highest BCUT2D eigenvalue weighted by Gasteiger charge is 2.22. The number of esters is 1. The number of nitrogens with one attached hydrogen (secondary N) is 1. The van der Waals surface area contributed by atoms with Crippen molar-refractivity contribution < 1.29 is 24.2 Å². The first kappa shape index (κ1) is 16.1. The first-order valence-corrected chi connectivity index (χ1v) is 6.33. The van der Waals surface area contributed by atoms with Crippen LogP contribution in [0.25, 0.3) is 0 Å². The SMILES string of the molecule is CC(=O)OC(C(=O)NCCOCCO)c1ccccc1. The number of aliphatic hydroxyl groups is 1. The summed E-state index contributed by atoms with van der Waals surface area (Å²) in [5, 5.41) is 11.2. The first-order chi connectivity index (χ1) is 9.65. The van der Waals surface area contributed by atoms with Crippen molar-refractivity contribution in [3.05, 3.63) is 35.9 Å². The molecule has 0 aliphatic rings. The van der Waals surface area contributed by atoms with E-state index in [1.807, 2.05) is 6.07 Å². The van der Waals surface area contributed by atoms with Gasteiger partial charge in [0.15, 0.2) is 0 Å². The van der Waals surface area contributed by atoms with Gasteiger partial charge in [-0.15, -0.1) is 0 Å². The third kappa shape index (κ3) is 5.81. The Bertz CT molecular complexity index is 421. The number of aliphatic hydroxyl groups excluding tert-OH is 1. The van der Waals surface area contributed by atoms with Crippen LogP contribution < -0.4 is 5.32 Å². The number of carbonyl (C=O) groups excluding carboxylic acids is 2. The fourth-order valence-corrected chi connectivity index (χ4v) is 1.57. The topological polar surface area (TPSA) is 84.9 Å². The van der Waals surface area contributed by atoms with Crippen molar-refractivity contribution in [1.29, 1.82) is 0 Å². The van der Waals surface area contributed by atoms with Crippen molar-refractivity contribution in [3.8, 4) is 0 Å². The summed E-state index contributed by atoms with van der Waals surface area (Å²) in [6, 6.07) is 8.78. The minimum Gasteiger partial charge on any atom is -0.447 e. The van der Waals surface area contributed by atoms with Crippen LogP contribution in [0.4, 0.5) is 0 Å². The highest BCUT2D eigenvalue weighted by molar-refractivity contribution is 5.84. The summed E-state index contributed by atoms with van der Waals surface area (Å²) in [6.45, 7) is 1.99. The number of hydrogen-bond acceptors (Lipinski definition) is 5. The second-order valence-corrected chi connectivity index (χ2v) is 4.03. The van der Waals surface area contributed by atoms with Gasteiger partial charge in [-0.3, -0.25) is 9.59 Å². The molecule has 0 bridgehead atoms. The second-order valence-electron chi connectivity index (χ2n) is 4.03. The van der Waals surface area contributed by atoms with Crippen LogP contribution in [0.3, 0.4) is 0 Å². The average Bonchev–Trinajstić information content (AvgIpc) is 2.45. The zero-order valence-electron chi connectivity index (χ0n) is 11.4. The van der Waals surface area contributed by atoms with E-state index in [0.717, 1.165) is 0 Å². The minimum atomic E-state index is -0.966. The quantitative estimate of drug-likeness (QED) is 0.533. The molecule has 6 nitrogen and oxygen atoms in total. The van der Waals surface area contributed by atoms with Gasteiger partial charge < -0.3 is 19.9 Å². The molecule has 1 rings (SSSR count). The molecule has 0 saturated carbocycles. The van der Waals surface area contributed by atoms with E-state index in [9.17, 15) is 9.59 Å². The summed E-state index contributed by atoms with van der Waals surface area (Å²) >= 11 is 0. The summed E-state index contributed by atoms with van der Waals surface area (Å²) in [5.41, 5.74) is 0.608. The van der Waals surface area contributed by atoms with Gasteiger partial charge in [-0.2, -0.15) is 0 Å². The van der Waals surface area contributed by atoms with Crippen LogP contribution >= 0.6 is 0 Å². The molecule has 0 saturated heterocycles. The molecule has 0 fully saturated rings. The van der Waals surface area contributed by atoms with E-state index >= 15 is 0 Å². The number of carbonyl (C=O) groups is 2. The molecule has 0 aromatic heterocycles. The molecule has 6 heteroatoms. The molecule has 1 aromatic rings. The van der Waals surface area contributed by atoms with Crippen molar-refractivity contribution in [2.24, 2.45) is 0 Å². The Morgan fingerprint density at radius 2 is 1.95 bits per heavy atom. The average molecular weight is 281 g/mol.